The second-order valence-corrected chi connectivity index (χ2v) is 3.90. The summed E-state index contributed by atoms with van der Waals surface area (Å²) in [7, 11) is 1.81. The Morgan fingerprint density at radius 3 is 3.19 bits per heavy atom. The zero-order valence-electron chi connectivity index (χ0n) is 9.43. The van der Waals surface area contributed by atoms with Gasteiger partial charge in [-0.3, -0.25) is 9.48 Å². The number of nitrogens with zero attached hydrogens (tertiary/aromatic N) is 2. The minimum absolute atomic E-state index is 0.0831. The van der Waals surface area contributed by atoms with Crippen molar-refractivity contribution in [1.29, 1.82) is 0 Å². The Kier molecular flexibility index (Phi) is 3.21. The van der Waals surface area contributed by atoms with Gasteiger partial charge in [-0.1, -0.05) is 0 Å². The largest absolute Gasteiger partial charge is 0.375 e. The lowest BCUT2D eigenvalue weighted by Crippen LogP contribution is -2.53. The van der Waals surface area contributed by atoms with Gasteiger partial charge in [0.05, 0.1) is 24.6 Å². The van der Waals surface area contributed by atoms with Crippen LogP contribution in [0.3, 0.4) is 0 Å². The second-order valence-electron chi connectivity index (χ2n) is 3.90. The maximum absolute atomic E-state index is 11.9. The van der Waals surface area contributed by atoms with Crippen molar-refractivity contribution in [3.05, 3.63) is 12.4 Å². The summed E-state index contributed by atoms with van der Waals surface area (Å²) in [6.07, 6.45) is 3.27. The van der Waals surface area contributed by atoms with Crippen molar-refractivity contribution in [2.75, 3.05) is 18.5 Å². The molecule has 16 heavy (non-hydrogen) atoms. The van der Waals surface area contributed by atoms with E-state index in [1.165, 1.54) is 0 Å². The molecule has 6 heteroatoms. The smallest absolute Gasteiger partial charge is 0.244 e. The summed E-state index contributed by atoms with van der Waals surface area (Å²) in [6, 6.07) is -0.297. The first-order chi connectivity index (χ1) is 7.66. The molecule has 1 aliphatic rings. The molecule has 0 radical (unpaired) electrons. The van der Waals surface area contributed by atoms with Crippen molar-refractivity contribution in [3.8, 4) is 0 Å². The Labute approximate surface area is 94.0 Å². The van der Waals surface area contributed by atoms with Crippen LogP contribution in [0.15, 0.2) is 12.4 Å². The van der Waals surface area contributed by atoms with Crippen LogP contribution in [0.4, 0.5) is 5.69 Å². The number of aromatic nitrogens is 2. The zero-order valence-corrected chi connectivity index (χ0v) is 9.43. The molecular weight excluding hydrogens is 208 g/mol. The summed E-state index contributed by atoms with van der Waals surface area (Å²) in [6.45, 7) is 3.24. The Bertz CT molecular complexity index is 377. The lowest BCUT2D eigenvalue weighted by molar-refractivity contribution is -0.123. The highest BCUT2D eigenvalue weighted by atomic mass is 16.5. The number of ether oxygens (including phenoxy) is 1. The van der Waals surface area contributed by atoms with E-state index in [-0.39, 0.29) is 18.1 Å². The van der Waals surface area contributed by atoms with Gasteiger partial charge in [-0.15, -0.1) is 0 Å². The molecule has 88 valence electrons. The van der Waals surface area contributed by atoms with Crippen molar-refractivity contribution in [2.24, 2.45) is 7.05 Å². The van der Waals surface area contributed by atoms with Gasteiger partial charge in [-0.05, 0) is 6.92 Å². The maximum atomic E-state index is 11.9. The fourth-order valence-corrected chi connectivity index (χ4v) is 1.73. The minimum atomic E-state index is -0.297. The molecule has 0 bridgehead atoms. The van der Waals surface area contributed by atoms with Gasteiger partial charge < -0.3 is 15.4 Å². The Morgan fingerprint density at radius 2 is 2.56 bits per heavy atom. The Hall–Kier alpha value is -1.40. The maximum Gasteiger partial charge on any atom is 0.244 e. The van der Waals surface area contributed by atoms with Crippen LogP contribution in [-0.4, -0.2) is 41.0 Å². The van der Waals surface area contributed by atoms with E-state index in [1.54, 1.807) is 24.1 Å². The molecule has 6 nitrogen and oxygen atoms in total. The molecule has 2 rings (SSSR count). The molecule has 0 spiro atoms. The van der Waals surface area contributed by atoms with E-state index in [9.17, 15) is 4.79 Å². The van der Waals surface area contributed by atoms with Crippen molar-refractivity contribution < 1.29 is 9.53 Å². The van der Waals surface area contributed by atoms with Crippen LogP contribution in [0, 0.1) is 0 Å². The fourth-order valence-electron chi connectivity index (χ4n) is 1.73. The van der Waals surface area contributed by atoms with Crippen LogP contribution in [0.2, 0.25) is 0 Å². The number of aryl methyl sites for hydroxylation is 1. The topological polar surface area (TPSA) is 68.2 Å². The van der Waals surface area contributed by atoms with Crippen LogP contribution in [0.1, 0.15) is 6.92 Å². The van der Waals surface area contributed by atoms with Gasteiger partial charge in [0.15, 0.2) is 0 Å². The molecule has 1 aliphatic heterocycles. The predicted octanol–water partition coefficient (Wildman–Crippen LogP) is -0.264. The van der Waals surface area contributed by atoms with Gasteiger partial charge in [0.25, 0.3) is 0 Å². The van der Waals surface area contributed by atoms with Gasteiger partial charge in [0.1, 0.15) is 6.04 Å². The highest BCUT2D eigenvalue weighted by molar-refractivity contribution is 5.95. The number of rotatable bonds is 2. The zero-order chi connectivity index (χ0) is 11.5. The lowest BCUT2D eigenvalue weighted by atomic mass is 10.1. The second kappa shape index (κ2) is 4.63. The van der Waals surface area contributed by atoms with E-state index in [0.29, 0.717) is 18.8 Å². The number of morpholine rings is 1. The molecule has 2 atom stereocenters. The third-order valence-electron chi connectivity index (χ3n) is 2.57. The molecule has 2 heterocycles. The summed E-state index contributed by atoms with van der Waals surface area (Å²) in [5.41, 5.74) is 0.701. The first-order valence-electron chi connectivity index (χ1n) is 5.31. The van der Waals surface area contributed by atoms with E-state index >= 15 is 0 Å². The van der Waals surface area contributed by atoms with Crippen molar-refractivity contribution in [2.45, 2.75) is 19.1 Å². The van der Waals surface area contributed by atoms with Crippen molar-refractivity contribution in [3.63, 3.8) is 0 Å². The quantitative estimate of drug-likeness (QED) is 0.726. The molecule has 1 fully saturated rings. The molecule has 2 N–H and O–H groups in total. The lowest BCUT2D eigenvalue weighted by Gasteiger charge is -2.29. The average Bonchev–Trinajstić information content (AvgIpc) is 2.64. The first kappa shape index (κ1) is 11.1. The molecule has 0 aromatic carbocycles. The monoisotopic (exact) mass is 224 g/mol. The number of amides is 1. The number of carbonyl (C=O) groups excluding carboxylic acids is 1. The molecule has 1 saturated heterocycles. The number of anilines is 1. The van der Waals surface area contributed by atoms with Crippen LogP contribution in [-0.2, 0) is 16.6 Å². The SMILES string of the molecule is C[C@H]1OCCN[C@@H]1C(=O)Nc1cnn(C)c1. The summed E-state index contributed by atoms with van der Waals surface area (Å²) < 4.78 is 7.05. The van der Waals surface area contributed by atoms with Crippen LogP contribution in [0.5, 0.6) is 0 Å². The Balaban J connectivity index is 1.96. The summed E-state index contributed by atoms with van der Waals surface area (Å²) in [4.78, 5) is 11.9. The van der Waals surface area contributed by atoms with E-state index in [4.69, 9.17) is 4.74 Å². The number of carbonyl (C=O) groups is 1. The van der Waals surface area contributed by atoms with Gasteiger partial charge in [0, 0.05) is 19.8 Å². The van der Waals surface area contributed by atoms with Gasteiger partial charge in [0.2, 0.25) is 5.91 Å². The van der Waals surface area contributed by atoms with Crippen LogP contribution >= 0.6 is 0 Å². The number of hydrogen-bond acceptors (Lipinski definition) is 4. The molecule has 1 aromatic heterocycles. The fraction of sp³-hybridized carbons (Fsp3) is 0.600. The average molecular weight is 224 g/mol. The minimum Gasteiger partial charge on any atom is -0.375 e. The number of nitrogens with one attached hydrogen (secondary N) is 2. The third kappa shape index (κ3) is 2.40. The van der Waals surface area contributed by atoms with Gasteiger partial charge in [-0.25, -0.2) is 0 Å². The summed E-state index contributed by atoms with van der Waals surface area (Å²) >= 11 is 0. The highest BCUT2D eigenvalue weighted by Gasteiger charge is 2.28. The Morgan fingerprint density at radius 1 is 1.75 bits per heavy atom. The van der Waals surface area contributed by atoms with E-state index in [1.807, 2.05) is 6.92 Å². The molecule has 1 aromatic rings. The normalized spacial score (nSPS) is 25.4. The van der Waals surface area contributed by atoms with Crippen LogP contribution in [0.25, 0.3) is 0 Å². The van der Waals surface area contributed by atoms with Crippen LogP contribution < -0.4 is 10.6 Å². The molecule has 0 aliphatic carbocycles. The van der Waals surface area contributed by atoms with Crippen molar-refractivity contribution in [1.82, 2.24) is 15.1 Å². The van der Waals surface area contributed by atoms with Gasteiger partial charge >= 0.3 is 0 Å². The predicted molar refractivity (Wildman–Crippen MR) is 59.0 cm³/mol. The van der Waals surface area contributed by atoms with E-state index in [0.717, 1.165) is 0 Å². The number of hydrogen-bond donors (Lipinski definition) is 2. The molecular formula is C10H16N4O2. The first-order valence-corrected chi connectivity index (χ1v) is 5.31. The summed E-state index contributed by atoms with van der Waals surface area (Å²) in [5.74, 6) is -0.0831. The highest BCUT2D eigenvalue weighted by Crippen LogP contribution is 2.09. The molecule has 1 amide bonds. The molecule has 0 saturated carbocycles. The molecule has 0 unspecified atom stereocenters. The van der Waals surface area contributed by atoms with E-state index < -0.39 is 0 Å². The van der Waals surface area contributed by atoms with Gasteiger partial charge in [-0.2, -0.15) is 5.10 Å². The summed E-state index contributed by atoms with van der Waals surface area (Å²) in [5, 5.41) is 9.91. The van der Waals surface area contributed by atoms with Crippen molar-refractivity contribution >= 4 is 11.6 Å². The van der Waals surface area contributed by atoms with E-state index in [2.05, 4.69) is 15.7 Å². The standard InChI is InChI=1S/C10H16N4O2/c1-7-9(11-3-4-16-7)10(15)13-8-5-12-14(2)6-8/h5-7,9,11H,3-4H2,1-2H3,(H,13,15)/t7-,9+/m1/s1. The third-order valence-corrected chi connectivity index (χ3v) is 2.57.